The molecule has 0 atom stereocenters. The Balaban J connectivity index is 0. The van der Waals surface area contributed by atoms with Crippen molar-refractivity contribution in [3.05, 3.63) is 0 Å². The van der Waals surface area contributed by atoms with E-state index < -0.39 is 0 Å². The van der Waals surface area contributed by atoms with Crippen LogP contribution in [0.15, 0.2) is 0 Å². The van der Waals surface area contributed by atoms with E-state index in [9.17, 15) is 0 Å². The molecule has 0 aliphatic rings. The van der Waals surface area contributed by atoms with Gasteiger partial charge in [-0.1, -0.05) is 4.32 Å². The third-order valence-corrected chi connectivity index (χ3v) is 0.512. The predicted molar refractivity (Wildman–Crippen MR) is 30.2 cm³/mol. The maximum atomic E-state index is 7.97. The molecule has 0 aliphatic heterocycles. The molecule has 0 fully saturated rings. The summed E-state index contributed by atoms with van der Waals surface area (Å²) in [7, 11) is 0. The fraction of sp³-hybridized carbons (Fsp3) is 0.500. The zero-order valence-corrected chi connectivity index (χ0v) is 8.73. The Morgan fingerprint density at radius 1 is 1.86 bits per heavy atom. The Morgan fingerprint density at radius 2 is 2.29 bits per heavy atom. The molecule has 0 aromatic heterocycles. The van der Waals surface area contributed by atoms with Crippen molar-refractivity contribution in [2.24, 2.45) is 0 Å². The van der Waals surface area contributed by atoms with Crippen LogP contribution in [0.1, 0.15) is 0 Å². The van der Waals surface area contributed by atoms with E-state index in [1.807, 2.05) is 0 Å². The molecular weight excluding hydrogens is 157 g/mol. The molecule has 0 rings (SSSR count). The van der Waals surface area contributed by atoms with Crippen molar-refractivity contribution in [3.63, 3.8) is 0 Å². The zero-order chi connectivity index (χ0) is 4.99. The average Bonchev–Trinajstić information content (AvgIpc) is 1.35. The largest absolute Gasteiger partial charge is 1.00 e. The van der Waals surface area contributed by atoms with Gasteiger partial charge in [-0.05, 0) is 0 Å². The normalized spacial score (nSPS) is 6.43. The first-order chi connectivity index (χ1) is 2.77. The third-order valence-electron chi connectivity index (χ3n) is 0.223. The Hall–Kier alpha value is 1.71. The van der Waals surface area contributed by atoms with Crippen LogP contribution < -0.4 is 56.7 Å². The SMILES string of the molecule is OCNC(=S)[S-].[K+]. The standard InChI is InChI=1S/C2H5NOS2.K/c4-1-3-2(5)6;/h4H,1H2,(H2,3,5,6);/q;+1/p-1. The molecule has 0 unspecified atom stereocenters. The van der Waals surface area contributed by atoms with E-state index in [-0.39, 0.29) is 62.4 Å². The molecule has 36 valence electrons. The molecule has 0 aliphatic carbocycles. The monoisotopic (exact) mass is 161 g/mol. The van der Waals surface area contributed by atoms with Crippen LogP contribution in [0.2, 0.25) is 0 Å². The van der Waals surface area contributed by atoms with Crippen molar-refractivity contribution in [1.82, 2.24) is 5.32 Å². The molecule has 0 saturated carbocycles. The van der Waals surface area contributed by atoms with Gasteiger partial charge in [0.2, 0.25) is 0 Å². The van der Waals surface area contributed by atoms with Crippen molar-refractivity contribution >= 4 is 29.2 Å². The number of hydrogen-bond donors (Lipinski definition) is 2. The fourth-order valence-electron chi connectivity index (χ4n) is 0.0645. The second kappa shape index (κ2) is 7.71. The molecule has 2 nitrogen and oxygen atoms in total. The van der Waals surface area contributed by atoms with Crippen LogP contribution in [0.3, 0.4) is 0 Å². The van der Waals surface area contributed by atoms with Crippen molar-refractivity contribution < 1.29 is 56.5 Å². The summed E-state index contributed by atoms with van der Waals surface area (Å²) >= 11 is 8.68. The van der Waals surface area contributed by atoms with E-state index in [0.29, 0.717) is 0 Å². The van der Waals surface area contributed by atoms with Crippen molar-refractivity contribution in [2.45, 2.75) is 0 Å². The summed E-state index contributed by atoms with van der Waals surface area (Å²) in [6.07, 6.45) is 0. The van der Waals surface area contributed by atoms with Gasteiger partial charge in [0.15, 0.2) is 0 Å². The molecule has 0 radical (unpaired) electrons. The molecule has 2 N–H and O–H groups in total. The smallest absolute Gasteiger partial charge is 0.412 e. The van der Waals surface area contributed by atoms with Gasteiger partial charge in [-0.3, -0.25) is 0 Å². The van der Waals surface area contributed by atoms with Gasteiger partial charge in [0.25, 0.3) is 0 Å². The predicted octanol–water partition coefficient (Wildman–Crippen LogP) is -3.64. The zero-order valence-electron chi connectivity index (χ0n) is 3.97. The molecular formula is C2H4KNOS2. The van der Waals surface area contributed by atoms with E-state index >= 15 is 0 Å². The van der Waals surface area contributed by atoms with Crippen molar-refractivity contribution in [3.8, 4) is 0 Å². The molecule has 5 heteroatoms. The number of aliphatic hydroxyl groups is 1. The maximum Gasteiger partial charge on any atom is 1.00 e. The second-order valence-electron chi connectivity index (χ2n) is 0.622. The van der Waals surface area contributed by atoms with Crippen molar-refractivity contribution in [2.75, 3.05) is 6.73 Å². The molecule has 0 spiro atoms. The summed E-state index contributed by atoms with van der Waals surface area (Å²) in [6, 6.07) is 0. The Morgan fingerprint density at radius 3 is 2.29 bits per heavy atom. The number of hydrogen-bond acceptors (Lipinski definition) is 3. The van der Waals surface area contributed by atoms with Gasteiger partial charge in [0, 0.05) is 0 Å². The van der Waals surface area contributed by atoms with Gasteiger partial charge in [0.05, 0.1) is 0 Å². The van der Waals surface area contributed by atoms with Gasteiger partial charge in [-0.25, -0.2) is 0 Å². The summed E-state index contributed by atoms with van der Waals surface area (Å²) < 4.78 is 0.206. The molecule has 0 heterocycles. The first-order valence-electron chi connectivity index (χ1n) is 1.33. The first kappa shape index (κ1) is 11.5. The summed E-state index contributed by atoms with van der Waals surface area (Å²) in [5, 5.41) is 10.3. The summed E-state index contributed by atoms with van der Waals surface area (Å²) in [4.78, 5) is 0. The minimum Gasteiger partial charge on any atom is -0.412 e. The van der Waals surface area contributed by atoms with E-state index in [1.54, 1.807) is 0 Å². The van der Waals surface area contributed by atoms with Crippen LogP contribution in [-0.4, -0.2) is 16.2 Å². The number of rotatable bonds is 1. The number of nitrogens with one attached hydrogen (secondary N) is 1. The second-order valence-corrected chi connectivity index (χ2v) is 1.70. The van der Waals surface area contributed by atoms with Crippen LogP contribution in [0.4, 0.5) is 0 Å². The van der Waals surface area contributed by atoms with E-state index in [4.69, 9.17) is 5.11 Å². The van der Waals surface area contributed by atoms with Gasteiger partial charge in [0.1, 0.15) is 6.73 Å². The van der Waals surface area contributed by atoms with Gasteiger partial charge < -0.3 is 35.3 Å². The summed E-state index contributed by atoms with van der Waals surface area (Å²) in [6.45, 7) is -0.164. The quantitative estimate of drug-likeness (QED) is 0.180. The van der Waals surface area contributed by atoms with Crippen LogP contribution >= 0.6 is 12.2 Å². The molecule has 0 aromatic rings. The molecule has 0 saturated heterocycles. The Kier molecular flexibility index (Phi) is 12.7. The molecule has 0 aromatic carbocycles. The molecule has 0 bridgehead atoms. The van der Waals surface area contributed by atoms with E-state index in [2.05, 4.69) is 30.2 Å². The topological polar surface area (TPSA) is 32.3 Å². The minimum absolute atomic E-state index is 0. The fourth-order valence-corrected chi connectivity index (χ4v) is 0.194. The van der Waals surface area contributed by atoms with Crippen LogP contribution in [0.25, 0.3) is 0 Å². The van der Waals surface area contributed by atoms with Crippen LogP contribution in [-0.2, 0) is 12.6 Å². The average molecular weight is 161 g/mol. The van der Waals surface area contributed by atoms with Gasteiger partial charge >= 0.3 is 51.4 Å². The van der Waals surface area contributed by atoms with Crippen molar-refractivity contribution in [1.29, 1.82) is 0 Å². The van der Waals surface area contributed by atoms with Gasteiger partial charge in [-0.15, -0.1) is 0 Å². The number of aliphatic hydroxyl groups excluding tert-OH is 1. The van der Waals surface area contributed by atoms with Crippen LogP contribution in [0, 0.1) is 0 Å². The van der Waals surface area contributed by atoms with E-state index in [1.165, 1.54) is 0 Å². The van der Waals surface area contributed by atoms with Gasteiger partial charge in [-0.2, -0.15) is 0 Å². The first-order valence-corrected chi connectivity index (χ1v) is 2.14. The third kappa shape index (κ3) is 11.3. The summed E-state index contributed by atoms with van der Waals surface area (Å²) in [5.74, 6) is 0. The Bertz CT molecular complexity index is 59.7. The Labute approximate surface area is 95.9 Å². The molecule has 7 heavy (non-hydrogen) atoms. The molecule has 0 amide bonds. The van der Waals surface area contributed by atoms with E-state index in [0.717, 1.165) is 0 Å². The maximum absolute atomic E-state index is 7.97. The number of thiocarbonyl (C=S) groups is 1. The minimum atomic E-state index is -0.164. The van der Waals surface area contributed by atoms with Crippen LogP contribution in [0.5, 0.6) is 0 Å². The summed E-state index contributed by atoms with van der Waals surface area (Å²) in [5.41, 5.74) is 0.